The van der Waals surface area contributed by atoms with E-state index in [-0.39, 0.29) is 12.1 Å². The minimum absolute atomic E-state index is 0.234. The van der Waals surface area contributed by atoms with Gasteiger partial charge in [0.25, 0.3) is 0 Å². The summed E-state index contributed by atoms with van der Waals surface area (Å²) in [5.74, 6) is 0. The summed E-state index contributed by atoms with van der Waals surface area (Å²) in [5.41, 5.74) is 0.502. The van der Waals surface area contributed by atoms with Crippen molar-refractivity contribution in [3.8, 4) is 6.07 Å². The molecule has 21 heavy (non-hydrogen) atoms. The Morgan fingerprint density at radius 1 is 1.48 bits per heavy atom. The van der Waals surface area contributed by atoms with Crippen LogP contribution in [0.3, 0.4) is 0 Å². The molecular weight excluding hydrogens is 350 g/mol. The van der Waals surface area contributed by atoms with Crippen LogP contribution < -0.4 is 0 Å². The minimum Gasteiger partial charge on any atom is -0.285 e. The quantitative estimate of drug-likeness (QED) is 0.767. The van der Waals surface area contributed by atoms with Gasteiger partial charge in [-0.3, -0.25) is 9.88 Å². The van der Waals surface area contributed by atoms with Gasteiger partial charge in [0.1, 0.15) is 0 Å². The van der Waals surface area contributed by atoms with Gasteiger partial charge >= 0.3 is 0 Å². The first-order chi connectivity index (χ1) is 10.0. The highest BCUT2D eigenvalue weighted by molar-refractivity contribution is 9.10. The van der Waals surface area contributed by atoms with E-state index >= 15 is 0 Å². The lowest BCUT2D eigenvalue weighted by molar-refractivity contribution is 0.132. The van der Waals surface area contributed by atoms with Crippen molar-refractivity contribution in [3.63, 3.8) is 0 Å². The maximum Gasteiger partial charge on any atom is 0.0873 e. The molecule has 0 N–H and O–H groups in total. The summed E-state index contributed by atoms with van der Waals surface area (Å²) in [4.78, 5) is 6.54. The summed E-state index contributed by atoms with van der Waals surface area (Å²) in [5, 5.41) is 10.5. The summed E-state index contributed by atoms with van der Waals surface area (Å²) >= 11 is 9.41. The summed E-state index contributed by atoms with van der Waals surface area (Å²) < 4.78 is 0.909. The number of nitriles is 1. The molecule has 1 aromatic heterocycles. The lowest BCUT2D eigenvalue weighted by Crippen LogP contribution is -2.50. The lowest BCUT2D eigenvalue weighted by atomic mass is 9.71. The number of nitrogens with zero attached hydrogens (tertiary/aromatic N) is 3. The zero-order valence-corrected chi connectivity index (χ0v) is 13.8. The predicted molar refractivity (Wildman–Crippen MR) is 86.9 cm³/mol. The van der Waals surface area contributed by atoms with Crippen LogP contribution in [0.2, 0.25) is 0 Å². The van der Waals surface area contributed by atoms with E-state index in [0.717, 1.165) is 22.9 Å². The summed E-state index contributed by atoms with van der Waals surface area (Å²) in [6, 6.07) is 5.03. The van der Waals surface area contributed by atoms with Crippen molar-refractivity contribution >= 4 is 27.5 Å². The van der Waals surface area contributed by atoms with Crippen LogP contribution in [0.4, 0.5) is 0 Å². The van der Waals surface area contributed by atoms with Crippen LogP contribution in [0, 0.1) is 11.3 Å². The van der Waals surface area contributed by atoms with Gasteiger partial charge in [0.2, 0.25) is 0 Å². The Bertz CT molecular complexity index is 633. The predicted octanol–water partition coefficient (Wildman–Crippen LogP) is 3.76. The first-order valence-corrected chi connectivity index (χ1v) is 8.01. The Morgan fingerprint density at radius 2 is 2.14 bits per heavy atom. The highest BCUT2D eigenvalue weighted by Crippen LogP contribution is 2.44. The molecule has 0 aromatic carbocycles. The van der Waals surface area contributed by atoms with Crippen molar-refractivity contribution in [3.05, 3.63) is 52.3 Å². The van der Waals surface area contributed by atoms with Crippen molar-refractivity contribution < 1.29 is 0 Å². The standard InChI is InChI=1S/C16H15BrClN3/c1-11(18)9-21-14-2-3-15(21)6-16(5-14,10-19)12-4-13(17)8-20-7-12/h2-4,7-8,14-15H,1,5-6,9H2. The molecule has 3 rings (SSSR count). The van der Waals surface area contributed by atoms with E-state index in [9.17, 15) is 5.26 Å². The van der Waals surface area contributed by atoms with Gasteiger partial charge in [-0.05, 0) is 40.4 Å². The largest absolute Gasteiger partial charge is 0.285 e. The van der Waals surface area contributed by atoms with Crippen LogP contribution >= 0.6 is 27.5 Å². The smallest absolute Gasteiger partial charge is 0.0873 e. The molecule has 0 aliphatic carbocycles. The second-order valence-corrected chi connectivity index (χ2v) is 7.15. The Hall–Kier alpha value is -1.15. The molecule has 0 saturated carbocycles. The van der Waals surface area contributed by atoms with Crippen LogP contribution in [-0.4, -0.2) is 28.5 Å². The topological polar surface area (TPSA) is 39.9 Å². The van der Waals surface area contributed by atoms with Gasteiger partial charge in [-0.15, -0.1) is 0 Å². The van der Waals surface area contributed by atoms with Gasteiger partial charge in [0, 0.05) is 40.5 Å². The summed E-state index contributed by atoms with van der Waals surface area (Å²) in [7, 11) is 0. The molecule has 5 heteroatoms. The van der Waals surface area contributed by atoms with Crippen molar-refractivity contribution in [2.45, 2.75) is 30.3 Å². The molecule has 2 aliphatic rings. The number of piperidine rings is 1. The fraction of sp³-hybridized carbons (Fsp3) is 0.375. The number of rotatable bonds is 3. The zero-order valence-electron chi connectivity index (χ0n) is 11.5. The van der Waals surface area contributed by atoms with Crippen LogP contribution in [0.5, 0.6) is 0 Å². The van der Waals surface area contributed by atoms with Gasteiger partial charge in [0.05, 0.1) is 11.5 Å². The molecule has 2 unspecified atom stereocenters. The zero-order chi connectivity index (χ0) is 15.0. The number of hydrogen-bond donors (Lipinski definition) is 0. The van der Waals surface area contributed by atoms with Crippen LogP contribution in [0.1, 0.15) is 18.4 Å². The molecular formula is C16H15BrClN3. The normalized spacial score (nSPS) is 31.1. The van der Waals surface area contributed by atoms with E-state index in [2.05, 4.69) is 50.6 Å². The van der Waals surface area contributed by atoms with Crippen molar-refractivity contribution in [2.75, 3.05) is 6.54 Å². The monoisotopic (exact) mass is 363 g/mol. The number of hydrogen-bond acceptors (Lipinski definition) is 3. The number of halogens is 2. The van der Waals surface area contributed by atoms with Crippen LogP contribution in [0.25, 0.3) is 0 Å². The molecule has 1 aromatic rings. The molecule has 0 amide bonds. The molecule has 3 heterocycles. The first-order valence-electron chi connectivity index (χ1n) is 6.84. The molecule has 108 valence electrons. The lowest BCUT2D eigenvalue weighted by Gasteiger charge is -2.43. The summed E-state index contributed by atoms with van der Waals surface area (Å²) in [6.45, 7) is 4.46. The van der Waals surface area contributed by atoms with E-state index in [1.807, 2.05) is 12.3 Å². The van der Waals surface area contributed by atoms with Gasteiger partial charge < -0.3 is 0 Å². The fourth-order valence-corrected chi connectivity index (χ4v) is 3.89. The molecule has 0 radical (unpaired) electrons. The van der Waals surface area contributed by atoms with Crippen molar-refractivity contribution in [1.29, 1.82) is 5.26 Å². The highest BCUT2D eigenvalue weighted by atomic mass is 79.9. The third-order valence-corrected chi connectivity index (χ3v) is 4.90. The fourth-order valence-electron chi connectivity index (χ4n) is 3.39. The Labute approximate surface area is 138 Å². The third kappa shape index (κ3) is 2.66. The second kappa shape index (κ2) is 5.57. The Kier molecular flexibility index (Phi) is 3.92. The maximum atomic E-state index is 9.83. The Balaban J connectivity index is 1.92. The molecule has 2 aliphatic heterocycles. The minimum atomic E-state index is -0.486. The molecule has 2 atom stereocenters. The average molecular weight is 365 g/mol. The number of pyridine rings is 1. The maximum absolute atomic E-state index is 9.83. The van der Waals surface area contributed by atoms with Gasteiger partial charge in [-0.25, -0.2) is 0 Å². The highest BCUT2D eigenvalue weighted by Gasteiger charge is 2.47. The summed E-state index contributed by atoms with van der Waals surface area (Å²) in [6.07, 6.45) is 9.46. The molecule has 3 nitrogen and oxygen atoms in total. The molecule has 1 fully saturated rings. The Morgan fingerprint density at radius 3 is 2.67 bits per heavy atom. The average Bonchev–Trinajstić information content (AvgIpc) is 2.70. The second-order valence-electron chi connectivity index (χ2n) is 5.70. The van der Waals surface area contributed by atoms with Gasteiger partial charge in [-0.1, -0.05) is 30.3 Å². The van der Waals surface area contributed by atoms with E-state index in [4.69, 9.17) is 11.6 Å². The van der Waals surface area contributed by atoms with Crippen LogP contribution in [-0.2, 0) is 5.41 Å². The van der Waals surface area contributed by atoms with Crippen LogP contribution in [0.15, 0.2) is 46.7 Å². The van der Waals surface area contributed by atoms with Gasteiger partial charge in [-0.2, -0.15) is 5.26 Å². The molecule has 1 saturated heterocycles. The van der Waals surface area contributed by atoms with Gasteiger partial charge in [0.15, 0.2) is 0 Å². The number of aromatic nitrogens is 1. The molecule has 0 spiro atoms. The van der Waals surface area contributed by atoms with E-state index in [0.29, 0.717) is 11.6 Å². The SMILES string of the molecule is C=C(Cl)CN1C2C=CC1CC(C#N)(c1cncc(Br)c1)C2. The van der Waals surface area contributed by atoms with E-state index in [1.165, 1.54) is 0 Å². The van der Waals surface area contributed by atoms with E-state index < -0.39 is 5.41 Å². The van der Waals surface area contributed by atoms with E-state index in [1.54, 1.807) is 6.20 Å². The first kappa shape index (κ1) is 14.8. The van der Waals surface area contributed by atoms with Crippen molar-refractivity contribution in [2.24, 2.45) is 0 Å². The number of fused-ring (bicyclic) bond motifs is 2. The van der Waals surface area contributed by atoms with Crippen molar-refractivity contribution in [1.82, 2.24) is 9.88 Å². The third-order valence-electron chi connectivity index (χ3n) is 4.35. The molecule has 2 bridgehead atoms.